The summed E-state index contributed by atoms with van der Waals surface area (Å²) in [6.45, 7) is 4.47. The van der Waals surface area contributed by atoms with Crippen molar-refractivity contribution in [1.29, 1.82) is 0 Å². The Morgan fingerprint density at radius 2 is 1.61 bits per heavy atom. The van der Waals surface area contributed by atoms with Gasteiger partial charge in [-0.3, -0.25) is 4.79 Å². The van der Waals surface area contributed by atoms with Gasteiger partial charge < -0.3 is 14.8 Å². The molecule has 0 aliphatic heterocycles. The first kappa shape index (κ1) is 20.4. The fourth-order valence-corrected chi connectivity index (χ4v) is 3.62. The van der Waals surface area contributed by atoms with Crippen molar-refractivity contribution in [3.63, 3.8) is 0 Å². The molecule has 156 valence electrons. The molecule has 0 unspecified atom stereocenters. The van der Waals surface area contributed by atoms with E-state index in [0.717, 1.165) is 39.2 Å². The molecule has 1 aromatic heterocycles. The third kappa shape index (κ3) is 4.21. The third-order valence-corrected chi connectivity index (χ3v) is 5.15. The van der Waals surface area contributed by atoms with Crippen molar-refractivity contribution >= 4 is 22.5 Å². The van der Waals surface area contributed by atoms with E-state index in [1.54, 1.807) is 7.11 Å². The highest BCUT2D eigenvalue weighted by molar-refractivity contribution is 6.14. The molecule has 0 spiro atoms. The van der Waals surface area contributed by atoms with E-state index in [0.29, 0.717) is 17.9 Å². The smallest absolute Gasteiger partial charge is 0.256 e. The molecule has 1 N–H and O–H groups in total. The Labute approximate surface area is 181 Å². The van der Waals surface area contributed by atoms with Crippen LogP contribution < -0.4 is 14.8 Å². The molecule has 0 fully saturated rings. The largest absolute Gasteiger partial charge is 0.497 e. The van der Waals surface area contributed by atoms with Crippen LogP contribution in [0.1, 0.15) is 22.8 Å². The van der Waals surface area contributed by atoms with E-state index in [2.05, 4.69) is 5.32 Å². The zero-order chi connectivity index (χ0) is 21.8. The molecule has 0 aliphatic carbocycles. The Morgan fingerprint density at radius 3 is 2.29 bits per heavy atom. The quantitative estimate of drug-likeness (QED) is 0.430. The SMILES string of the molecule is CCOc1ccc(NC(=O)c2c(C)c(-c3ccc(OC)cc3)nc3ccccc23)cc1. The van der Waals surface area contributed by atoms with Crippen LogP contribution in [0.15, 0.2) is 72.8 Å². The van der Waals surface area contributed by atoms with Gasteiger partial charge in [-0.05, 0) is 74.0 Å². The predicted octanol–water partition coefficient (Wildman–Crippen LogP) is 5.87. The molecule has 0 aliphatic rings. The number of carbonyl (C=O) groups is 1. The maximum absolute atomic E-state index is 13.4. The second kappa shape index (κ2) is 8.88. The summed E-state index contributed by atoms with van der Waals surface area (Å²) in [5.74, 6) is 1.37. The number of para-hydroxylation sites is 1. The highest BCUT2D eigenvalue weighted by Crippen LogP contribution is 2.31. The van der Waals surface area contributed by atoms with Gasteiger partial charge in [0.05, 0.1) is 30.5 Å². The summed E-state index contributed by atoms with van der Waals surface area (Å²) in [5, 5.41) is 3.84. The maximum Gasteiger partial charge on any atom is 0.256 e. The Balaban J connectivity index is 1.76. The number of aromatic nitrogens is 1. The number of nitrogens with one attached hydrogen (secondary N) is 1. The molecule has 0 radical (unpaired) electrons. The standard InChI is InChI=1S/C26H24N2O3/c1-4-31-21-15-11-19(12-16-21)27-26(29)24-17(2)25(18-9-13-20(30-3)14-10-18)28-23-8-6-5-7-22(23)24/h5-16H,4H2,1-3H3,(H,27,29). The Hall–Kier alpha value is -3.86. The molecule has 0 saturated heterocycles. The number of ether oxygens (including phenoxy) is 2. The molecule has 0 atom stereocenters. The fourth-order valence-electron chi connectivity index (χ4n) is 3.62. The molecule has 3 aromatic carbocycles. The van der Waals surface area contributed by atoms with Gasteiger partial charge in [-0.2, -0.15) is 0 Å². The van der Waals surface area contributed by atoms with E-state index in [9.17, 15) is 4.79 Å². The summed E-state index contributed by atoms with van der Waals surface area (Å²) in [7, 11) is 1.64. The van der Waals surface area contributed by atoms with E-state index in [1.165, 1.54) is 0 Å². The number of fused-ring (bicyclic) bond motifs is 1. The minimum atomic E-state index is -0.171. The van der Waals surface area contributed by atoms with Crippen LogP contribution in [-0.4, -0.2) is 24.6 Å². The van der Waals surface area contributed by atoms with Gasteiger partial charge in [0.15, 0.2) is 0 Å². The number of pyridine rings is 1. The summed E-state index contributed by atoms with van der Waals surface area (Å²) in [6.07, 6.45) is 0. The van der Waals surface area contributed by atoms with Crippen LogP contribution in [0.25, 0.3) is 22.2 Å². The number of benzene rings is 3. The normalized spacial score (nSPS) is 10.7. The molecule has 0 bridgehead atoms. The lowest BCUT2D eigenvalue weighted by Crippen LogP contribution is -2.15. The molecule has 1 heterocycles. The summed E-state index contributed by atoms with van der Waals surface area (Å²) in [5.41, 5.74) is 4.63. The zero-order valence-electron chi connectivity index (χ0n) is 17.8. The summed E-state index contributed by atoms with van der Waals surface area (Å²) < 4.78 is 10.7. The van der Waals surface area contributed by atoms with Crippen LogP contribution in [0.2, 0.25) is 0 Å². The second-order valence-electron chi connectivity index (χ2n) is 7.12. The van der Waals surface area contributed by atoms with Crippen molar-refractivity contribution in [2.24, 2.45) is 0 Å². The topological polar surface area (TPSA) is 60.5 Å². The lowest BCUT2D eigenvalue weighted by Gasteiger charge is -2.15. The first-order valence-electron chi connectivity index (χ1n) is 10.2. The van der Waals surface area contributed by atoms with Crippen molar-refractivity contribution in [2.75, 3.05) is 19.0 Å². The first-order valence-corrected chi connectivity index (χ1v) is 10.2. The molecular formula is C26H24N2O3. The summed E-state index contributed by atoms with van der Waals surface area (Å²) >= 11 is 0. The second-order valence-corrected chi connectivity index (χ2v) is 7.12. The molecule has 4 aromatic rings. The van der Waals surface area contributed by atoms with Gasteiger partial charge in [0, 0.05) is 16.6 Å². The number of rotatable bonds is 6. The number of hydrogen-bond acceptors (Lipinski definition) is 4. The van der Waals surface area contributed by atoms with Crippen LogP contribution in [-0.2, 0) is 0 Å². The molecule has 0 saturated carbocycles. The van der Waals surface area contributed by atoms with Gasteiger partial charge in [-0.1, -0.05) is 18.2 Å². The monoisotopic (exact) mass is 412 g/mol. The van der Waals surface area contributed by atoms with Crippen LogP contribution in [0.3, 0.4) is 0 Å². The van der Waals surface area contributed by atoms with Crippen LogP contribution >= 0.6 is 0 Å². The van der Waals surface area contributed by atoms with Crippen LogP contribution in [0.4, 0.5) is 5.69 Å². The average molecular weight is 412 g/mol. The fraction of sp³-hybridized carbons (Fsp3) is 0.154. The number of methoxy groups -OCH3 is 1. The van der Waals surface area contributed by atoms with E-state index < -0.39 is 0 Å². The molecule has 1 amide bonds. The average Bonchev–Trinajstić information content (AvgIpc) is 2.80. The number of hydrogen-bond donors (Lipinski definition) is 1. The van der Waals surface area contributed by atoms with E-state index >= 15 is 0 Å². The van der Waals surface area contributed by atoms with Gasteiger partial charge in [-0.15, -0.1) is 0 Å². The van der Waals surface area contributed by atoms with Gasteiger partial charge in [0.25, 0.3) is 5.91 Å². The van der Waals surface area contributed by atoms with Gasteiger partial charge in [0.2, 0.25) is 0 Å². The van der Waals surface area contributed by atoms with Crippen molar-refractivity contribution < 1.29 is 14.3 Å². The highest BCUT2D eigenvalue weighted by atomic mass is 16.5. The third-order valence-electron chi connectivity index (χ3n) is 5.15. The Kier molecular flexibility index (Phi) is 5.85. The van der Waals surface area contributed by atoms with Crippen molar-refractivity contribution in [1.82, 2.24) is 4.98 Å². The lowest BCUT2D eigenvalue weighted by molar-refractivity contribution is 0.102. The van der Waals surface area contributed by atoms with Crippen molar-refractivity contribution in [3.8, 4) is 22.8 Å². The van der Waals surface area contributed by atoms with E-state index in [1.807, 2.05) is 86.6 Å². The molecule has 31 heavy (non-hydrogen) atoms. The predicted molar refractivity (Wildman–Crippen MR) is 124 cm³/mol. The Morgan fingerprint density at radius 1 is 0.935 bits per heavy atom. The van der Waals surface area contributed by atoms with Crippen molar-refractivity contribution in [3.05, 3.63) is 83.9 Å². The van der Waals surface area contributed by atoms with E-state index in [4.69, 9.17) is 14.5 Å². The Bertz CT molecular complexity index is 1220. The number of nitrogens with zero attached hydrogens (tertiary/aromatic N) is 1. The molecule has 5 nitrogen and oxygen atoms in total. The zero-order valence-corrected chi connectivity index (χ0v) is 17.8. The number of amides is 1. The minimum Gasteiger partial charge on any atom is -0.497 e. The van der Waals surface area contributed by atoms with E-state index in [-0.39, 0.29) is 5.91 Å². The minimum absolute atomic E-state index is 0.171. The molecular weight excluding hydrogens is 388 g/mol. The highest BCUT2D eigenvalue weighted by Gasteiger charge is 2.19. The van der Waals surface area contributed by atoms with Gasteiger partial charge >= 0.3 is 0 Å². The number of carbonyl (C=O) groups excluding carboxylic acids is 1. The lowest BCUT2D eigenvalue weighted by atomic mass is 9.97. The maximum atomic E-state index is 13.4. The first-order chi connectivity index (χ1) is 15.1. The van der Waals surface area contributed by atoms with Crippen LogP contribution in [0, 0.1) is 6.92 Å². The number of anilines is 1. The summed E-state index contributed by atoms with van der Waals surface area (Å²) in [4.78, 5) is 18.2. The van der Waals surface area contributed by atoms with Gasteiger partial charge in [-0.25, -0.2) is 4.98 Å². The van der Waals surface area contributed by atoms with Crippen molar-refractivity contribution in [2.45, 2.75) is 13.8 Å². The van der Waals surface area contributed by atoms with Crippen LogP contribution in [0.5, 0.6) is 11.5 Å². The molecule has 4 rings (SSSR count). The van der Waals surface area contributed by atoms with Gasteiger partial charge in [0.1, 0.15) is 11.5 Å². The summed E-state index contributed by atoms with van der Waals surface area (Å²) in [6, 6.07) is 22.8. The molecule has 5 heteroatoms.